The van der Waals surface area contributed by atoms with Gasteiger partial charge in [-0.15, -0.1) is 0 Å². The van der Waals surface area contributed by atoms with Crippen molar-refractivity contribution >= 4 is 11.9 Å². The maximum atomic E-state index is 13.2. The molecule has 0 bridgehead atoms. The van der Waals surface area contributed by atoms with Crippen LogP contribution in [0.25, 0.3) is 0 Å². The van der Waals surface area contributed by atoms with E-state index in [9.17, 15) is 9.59 Å². The van der Waals surface area contributed by atoms with Gasteiger partial charge in [0.2, 0.25) is 0 Å². The van der Waals surface area contributed by atoms with Crippen LogP contribution < -0.4 is 5.32 Å². The SMILES string of the molecule is CC(C)c1ccc(CN(C)CN2C(=O)NC3(CCC(C(C)(C)C)CC3)C2=O)cc1. The zero-order chi connectivity index (χ0) is 21.4. The first-order valence-corrected chi connectivity index (χ1v) is 10.9. The average molecular weight is 400 g/mol. The number of hydrogen-bond donors (Lipinski definition) is 1. The Labute approximate surface area is 175 Å². The van der Waals surface area contributed by atoms with E-state index in [1.54, 1.807) is 0 Å². The maximum Gasteiger partial charge on any atom is 0.326 e. The number of carbonyl (C=O) groups is 2. The van der Waals surface area contributed by atoms with E-state index in [0.717, 1.165) is 25.7 Å². The van der Waals surface area contributed by atoms with Gasteiger partial charge in [-0.25, -0.2) is 9.69 Å². The third kappa shape index (κ3) is 4.66. The van der Waals surface area contributed by atoms with Crippen molar-refractivity contribution < 1.29 is 9.59 Å². The summed E-state index contributed by atoms with van der Waals surface area (Å²) in [6.07, 6.45) is 3.47. The van der Waals surface area contributed by atoms with Crippen molar-refractivity contribution in [1.82, 2.24) is 15.1 Å². The molecule has 1 saturated heterocycles. The molecule has 1 aromatic carbocycles. The van der Waals surface area contributed by atoms with E-state index in [-0.39, 0.29) is 17.4 Å². The molecule has 1 saturated carbocycles. The van der Waals surface area contributed by atoms with Crippen molar-refractivity contribution in [2.45, 2.75) is 78.3 Å². The van der Waals surface area contributed by atoms with Gasteiger partial charge in [-0.1, -0.05) is 58.9 Å². The first-order valence-electron chi connectivity index (χ1n) is 10.9. The normalized spacial score (nSPS) is 25.4. The molecule has 5 heteroatoms. The Kier molecular flexibility index (Phi) is 6.09. The van der Waals surface area contributed by atoms with Gasteiger partial charge in [0, 0.05) is 6.54 Å². The second-order valence-corrected chi connectivity index (χ2v) is 10.4. The molecule has 3 amide bonds. The zero-order valence-corrected chi connectivity index (χ0v) is 18.9. The van der Waals surface area contributed by atoms with E-state index in [4.69, 9.17) is 0 Å². The van der Waals surface area contributed by atoms with Crippen LogP contribution in [-0.2, 0) is 11.3 Å². The smallest absolute Gasteiger partial charge is 0.323 e. The Morgan fingerprint density at radius 2 is 1.72 bits per heavy atom. The number of imide groups is 1. The van der Waals surface area contributed by atoms with E-state index in [1.165, 1.54) is 16.0 Å². The number of hydrogen-bond acceptors (Lipinski definition) is 3. The van der Waals surface area contributed by atoms with Crippen LogP contribution in [-0.4, -0.2) is 41.0 Å². The van der Waals surface area contributed by atoms with E-state index in [1.807, 2.05) is 11.9 Å². The van der Waals surface area contributed by atoms with Crippen LogP contribution in [0.1, 0.15) is 77.3 Å². The average Bonchev–Trinajstić information content (AvgIpc) is 2.86. The zero-order valence-electron chi connectivity index (χ0n) is 18.9. The molecule has 1 heterocycles. The van der Waals surface area contributed by atoms with Gasteiger partial charge in [0.1, 0.15) is 5.54 Å². The molecule has 2 fully saturated rings. The minimum absolute atomic E-state index is 0.0446. The van der Waals surface area contributed by atoms with E-state index in [0.29, 0.717) is 25.0 Å². The number of benzene rings is 1. The third-order valence-corrected chi connectivity index (χ3v) is 6.79. The predicted molar refractivity (Wildman–Crippen MR) is 116 cm³/mol. The summed E-state index contributed by atoms with van der Waals surface area (Å²) in [5, 5.41) is 3.04. The number of urea groups is 1. The van der Waals surface area contributed by atoms with Crippen LogP contribution in [0.3, 0.4) is 0 Å². The standard InChI is InChI=1S/C24H37N3O2/c1-17(2)19-9-7-18(8-10-19)15-26(6)16-27-21(28)24(25-22(27)29)13-11-20(12-14-24)23(3,4)5/h7-10,17,20H,11-16H2,1-6H3,(H,25,29). The molecule has 29 heavy (non-hydrogen) atoms. The number of amides is 3. The summed E-state index contributed by atoms with van der Waals surface area (Å²) in [5.41, 5.74) is 2.07. The van der Waals surface area contributed by atoms with Gasteiger partial charge in [-0.2, -0.15) is 0 Å². The molecule has 0 unspecified atom stereocenters. The maximum absolute atomic E-state index is 13.2. The fraction of sp³-hybridized carbons (Fsp3) is 0.667. The fourth-order valence-electron chi connectivity index (χ4n) is 4.73. The lowest BCUT2D eigenvalue weighted by molar-refractivity contribution is -0.134. The van der Waals surface area contributed by atoms with Crippen molar-refractivity contribution in [3.63, 3.8) is 0 Å². The molecule has 0 atom stereocenters. The highest BCUT2D eigenvalue weighted by Gasteiger charge is 2.53. The van der Waals surface area contributed by atoms with Crippen molar-refractivity contribution in [2.24, 2.45) is 11.3 Å². The topological polar surface area (TPSA) is 52.6 Å². The van der Waals surface area contributed by atoms with Gasteiger partial charge >= 0.3 is 6.03 Å². The molecule has 0 aromatic heterocycles. The number of rotatable bonds is 5. The van der Waals surface area contributed by atoms with Crippen molar-refractivity contribution in [1.29, 1.82) is 0 Å². The summed E-state index contributed by atoms with van der Waals surface area (Å²) in [6.45, 7) is 12.2. The molecular formula is C24H37N3O2. The molecule has 1 aliphatic heterocycles. The molecular weight excluding hydrogens is 362 g/mol. The van der Waals surface area contributed by atoms with Crippen LogP contribution in [0.15, 0.2) is 24.3 Å². The predicted octanol–water partition coefficient (Wildman–Crippen LogP) is 4.73. The molecule has 0 radical (unpaired) electrons. The summed E-state index contributed by atoms with van der Waals surface area (Å²) in [6, 6.07) is 8.33. The van der Waals surface area contributed by atoms with Crippen LogP contribution in [0.4, 0.5) is 4.79 Å². The van der Waals surface area contributed by atoms with E-state index < -0.39 is 5.54 Å². The number of nitrogens with one attached hydrogen (secondary N) is 1. The molecule has 1 aliphatic carbocycles. The highest BCUT2D eigenvalue weighted by atomic mass is 16.2. The third-order valence-electron chi connectivity index (χ3n) is 6.79. The van der Waals surface area contributed by atoms with Gasteiger partial charge in [0.05, 0.1) is 6.67 Å². The Bertz CT molecular complexity index is 740. The summed E-state index contributed by atoms with van der Waals surface area (Å²) in [4.78, 5) is 29.2. The van der Waals surface area contributed by atoms with E-state index in [2.05, 4.69) is 64.2 Å². The Morgan fingerprint density at radius 1 is 1.14 bits per heavy atom. The van der Waals surface area contributed by atoms with Crippen LogP contribution in [0.5, 0.6) is 0 Å². The molecule has 1 aromatic rings. The molecule has 160 valence electrons. The highest BCUT2D eigenvalue weighted by molar-refractivity contribution is 6.07. The Balaban J connectivity index is 1.60. The van der Waals surface area contributed by atoms with Crippen LogP contribution in [0.2, 0.25) is 0 Å². The van der Waals surface area contributed by atoms with Crippen molar-refractivity contribution in [2.75, 3.05) is 13.7 Å². The molecule has 5 nitrogen and oxygen atoms in total. The quantitative estimate of drug-likeness (QED) is 0.729. The van der Waals surface area contributed by atoms with Gasteiger partial charge in [0.25, 0.3) is 5.91 Å². The lowest BCUT2D eigenvalue weighted by atomic mass is 9.67. The molecule has 2 aliphatic rings. The van der Waals surface area contributed by atoms with Crippen LogP contribution in [0, 0.1) is 11.3 Å². The fourth-order valence-corrected chi connectivity index (χ4v) is 4.73. The van der Waals surface area contributed by atoms with E-state index >= 15 is 0 Å². The summed E-state index contributed by atoms with van der Waals surface area (Å²) < 4.78 is 0. The highest BCUT2D eigenvalue weighted by Crippen LogP contribution is 2.43. The monoisotopic (exact) mass is 399 g/mol. The first kappa shape index (κ1) is 21.8. The number of nitrogens with zero attached hydrogens (tertiary/aromatic N) is 2. The van der Waals surface area contributed by atoms with Crippen molar-refractivity contribution in [3.8, 4) is 0 Å². The Morgan fingerprint density at radius 3 is 2.24 bits per heavy atom. The summed E-state index contributed by atoms with van der Waals surface area (Å²) >= 11 is 0. The lowest BCUT2D eigenvalue weighted by Gasteiger charge is -2.40. The van der Waals surface area contributed by atoms with Crippen LogP contribution >= 0.6 is 0 Å². The molecule has 1 spiro atoms. The second-order valence-electron chi connectivity index (χ2n) is 10.4. The second kappa shape index (κ2) is 8.10. The van der Waals surface area contributed by atoms with Gasteiger partial charge in [-0.05, 0) is 61.1 Å². The largest absolute Gasteiger partial charge is 0.326 e. The Hall–Kier alpha value is -1.88. The number of carbonyl (C=O) groups excluding carboxylic acids is 2. The first-order chi connectivity index (χ1) is 13.5. The van der Waals surface area contributed by atoms with Gasteiger partial charge in [0.15, 0.2) is 0 Å². The molecule has 1 N–H and O–H groups in total. The summed E-state index contributed by atoms with van der Waals surface area (Å²) in [5.74, 6) is 1.07. The van der Waals surface area contributed by atoms with Gasteiger partial charge < -0.3 is 5.32 Å². The minimum Gasteiger partial charge on any atom is -0.323 e. The molecule has 3 rings (SSSR count). The minimum atomic E-state index is -0.682. The van der Waals surface area contributed by atoms with Gasteiger partial charge in [-0.3, -0.25) is 9.69 Å². The summed E-state index contributed by atoms with van der Waals surface area (Å²) in [7, 11) is 1.96. The van der Waals surface area contributed by atoms with Crippen molar-refractivity contribution in [3.05, 3.63) is 35.4 Å². The lowest BCUT2D eigenvalue weighted by Crippen LogP contribution is -2.51.